The Morgan fingerprint density at radius 1 is 1.13 bits per heavy atom. The second-order valence-corrected chi connectivity index (χ2v) is 5.45. The summed E-state index contributed by atoms with van der Waals surface area (Å²) in [5, 5.41) is 3.36. The van der Waals surface area contributed by atoms with Crippen LogP contribution in [0.15, 0.2) is 47.0 Å². The Hall–Kier alpha value is -2.60. The van der Waals surface area contributed by atoms with Gasteiger partial charge in [0.1, 0.15) is 5.52 Å². The molecule has 1 saturated heterocycles. The molecule has 1 fully saturated rings. The smallest absolute Gasteiger partial charge is 0.298 e. The molecule has 1 aromatic carbocycles. The molecule has 118 valence electrons. The Balaban J connectivity index is 1.51. The van der Waals surface area contributed by atoms with E-state index in [1.807, 2.05) is 36.4 Å². The molecule has 23 heavy (non-hydrogen) atoms. The molecule has 0 saturated carbocycles. The van der Waals surface area contributed by atoms with Crippen molar-refractivity contribution in [2.75, 3.05) is 36.5 Å². The largest absolute Gasteiger partial charge is 0.423 e. The number of anilines is 2. The lowest BCUT2D eigenvalue weighted by Crippen LogP contribution is -2.36. The van der Waals surface area contributed by atoms with Gasteiger partial charge in [0.05, 0.1) is 25.5 Å². The van der Waals surface area contributed by atoms with Crippen molar-refractivity contribution in [3.8, 4) is 0 Å². The first kappa shape index (κ1) is 14.0. The van der Waals surface area contributed by atoms with Crippen molar-refractivity contribution in [1.82, 2.24) is 9.97 Å². The Morgan fingerprint density at radius 2 is 2.04 bits per heavy atom. The summed E-state index contributed by atoms with van der Waals surface area (Å²) in [5.74, 6) is 0. The zero-order valence-corrected chi connectivity index (χ0v) is 12.7. The number of benzene rings is 1. The molecule has 0 aliphatic carbocycles. The number of aromatic nitrogens is 2. The Morgan fingerprint density at radius 3 is 2.87 bits per heavy atom. The third kappa shape index (κ3) is 3.12. The molecule has 0 radical (unpaired) electrons. The van der Waals surface area contributed by atoms with Gasteiger partial charge in [0.15, 0.2) is 5.58 Å². The average molecular weight is 310 g/mol. The summed E-state index contributed by atoms with van der Waals surface area (Å²) in [5.41, 5.74) is 3.65. The number of hydrogen-bond donors (Lipinski definition) is 1. The van der Waals surface area contributed by atoms with Gasteiger partial charge in [0.2, 0.25) is 0 Å². The molecule has 3 aromatic rings. The van der Waals surface area contributed by atoms with E-state index >= 15 is 0 Å². The summed E-state index contributed by atoms with van der Waals surface area (Å²) in [7, 11) is 0. The van der Waals surface area contributed by atoms with Gasteiger partial charge in [0.25, 0.3) is 6.01 Å². The summed E-state index contributed by atoms with van der Waals surface area (Å²) in [6.07, 6.45) is 1.80. The van der Waals surface area contributed by atoms with Gasteiger partial charge in [-0.2, -0.15) is 4.98 Å². The highest BCUT2D eigenvalue weighted by Crippen LogP contribution is 2.25. The van der Waals surface area contributed by atoms with Gasteiger partial charge in [-0.15, -0.1) is 0 Å². The minimum atomic E-state index is 0.671. The van der Waals surface area contributed by atoms with Gasteiger partial charge in [-0.05, 0) is 24.3 Å². The maximum absolute atomic E-state index is 5.90. The minimum absolute atomic E-state index is 0.671. The average Bonchev–Trinajstić information content (AvgIpc) is 3.05. The van der Waals surface area contributed by atoms with Crippen molar-refractivity contribution in [2.24, 2.45) is 0 Å². The Labute approximate surface area is 134 Å². The number of oxazole rings is 1. The van der Waals surface area contributed by atoms with E-state index in [-0.39, 0.29) is 0 Å². The molecule has 6 nitrogen and oxygen atoms in total. The summed E-state index contributed by atoms with van der Waals surface area (Å²) in [4.78, 5) is 11.0. The maximum atomic E-state index is 5.90. The normalized spacial score (nSPS) is 15.0. The van der Waals surface area contributed by atoms with Crippen molar-refractivity contribution in [3.05, 3.63) is 48.3 Å². The van der Waals surface area contributed by atoms with Crippen LogP contribution in [0.1, 0.15) is 5.69 Å². The van der Waals surface area contributed by atoms with Crippen LogP contribution in [0.5, 0.6) is 0 Å². The van der Waals surface area contributed by atoms with E-state index < -0.39 is 0 Å². The molecule has 1 N–H and O–H groups in total. The van der Waals surface area contributed by atoms with Crippen molar-refractivity contribution >= 4 is 22.8 Å². The highest BCUT2D eigenvalue weighted by molar-refractivity contribution is 5.78. The first-order valence-corrected chi connectivity index (χ1v) is 7.75. The lowest BCUT2D eigenvalue weighted by Gasteiger charge is -2.24. The van der Waals surface area contributed by atoms with Gasteiger partial charge in [0, 0.05) is 31.0 Å². The van der Waals surface area contributed by atoms with E-state index in [0.29, 0.717) is 12.6 Å². The molecular weight excluding hydrogens is 292 g/mol. The zero-order valence-electron chi connectivity index (χ0n) is 12.7. The van der Waals surface area contributed by atoms with E-state index in [0.717, 1.165) is 48.8 Å². The van der Waals surface area contributed by atoms with Crippen molar-refractivity contribution in [2.45, 2.75) is 6.54 Å². The van der Waals surface area contributed by atoms with Crippen LogP contribution in [-0.2, 0) is 11.3 Å². The molecular formula is C17H18N4O2. The topological polar surface area (TPSA) is 63.4 Å². The number of rotatable bonds is 4. The molecule has 3 heterocycles. The predicted molar refractivity (Wildman–Crippen MR) is 88.6 cm³/mol. The van der Waals surface area contributed by atoms with Gasteiger partial charge < -0.3 is 19.4 Å². The zero-order chi connectivity index (χ0) is 15.5. The highest BCUT2D eigenvalue weighted by Gasteiger charge is 2.17. The molecule has 0 bridgehead atoms. The van der Waals surface area contributed by atoms with Crippen LogP contribution in [0.25, 0.3) is 11.1 Å². The first-order valence-electron chi connectivity index (χ1n) is 7.75. The van der Waals surface area contributed by atoms with Gasteiger partial charge in [-0.3, -0.25) is 4.98 Å². The molecule has 0 amide bonds. The summed E-state index contributed by atoms with van der Waals surface area (Å²) < 4.78 is 11.3. The van der Waals surface area contributed by atoms with Gasteiger partial charge >= 0.3 is 0 Å². The number of pyridine rings is 1. The minimum Gasteiger partial charge on any atom is -0.423 e. The maximum Gasteiger partial charge on any atom is 0.298 e. The van der Waals surface area contributed by atoms with E-state index in [1.54, 1.807) is 6.20 Å². The van der Waals surface area contributed by atoms with Gasteiger partial charge in [-0.25, -0.2) is 0 Å². The van der Waals surface area contributed by atoms with Crippen molar-refractivity contribution in [3.63, 3.8) is 0 Å². The van der Waals surface area contributed by atoms with Crippen LogP contribution in [-0.4, -0.2) is 36.3 Å². The van der Waals surface area contributed by atoms with E-state index in [2.05, 4.69) is 20.2 Å². The number of fused-ring (bicyclic) bond motifs is 1. The third-order valence-corrected chi connectivity index (χ3v) is 3.86. The molecule has 0 atom stereocenters. The van der Waals surface area contributed by atoms with Crippen LogP contribution in [0.3, 0.4) is 0 Å². The molecule has 1 aliphatic heterocycles. The van der Waals surface area contributed by atoms with E-state index in [4.69, 9.17) is 9.15 Å². The fourth-order valence-corrected chi connectivity index (χ4v) is 2.61. The molecule has 1 aliphatic rings. The molecule has 0 spiro atoms. The van der Waals surface area contributed by atoms with Crippen molar-refractivity contribution in [1.29, 1.82) is 0 Å². The van der Waals surface area contributed by atoms with Crippen LogP contribution in [0.2, 0.25) is 0 Å². The number of hydrogen-bond acceptors (Lipinski definition) is 6. The van der Waals surface area contributed by atoms with Crippen molar-refractivity contribution < 1.29 is 9.15 Å². The van der Waals surface area contributed by atoms with E-state index in [9.17, 15) is 0 Å². The summed E-state index contributed by atoms with van der Waals surface area (Å²) in [6, 6.07) is 12.5. The summed E-state index contributed by atoms with van der Waals surface area (Å²) in [6.45, 7) is 3.75. The van der Waals surface area contributed by atoms with Crippen LogP contribution in [0, 0.1) is 0 Å². The third-order valence-electron chi connectivity index (χ3n) is 3.86. The van der Waals surface area contributed by atoms with Crippen LogP contribution < -0.4 is 10.2 Å². The van der Waals surface area contributed by atoms with E-state index in [1.165, 1.54) is 0 Å². The lowest BCUT2D eigenvalue weighted by atomic mass is 10.2. The van der Waals surface area contributed by atoms with Crippen LogP contribution >= 0.6 is 0 Å². The monoisotopic (exact) mass is 310 g/mol. The fraction of sp³-hybridized carbons (Fsp3) is 0.294. The van der Waals surface area contributed by atoms with Gasteiger partial charge in [-0.1, -0.05) is 6.07 Å². The molecule has 2 aromatic heterocycles. The number of nitrogens with zero attached hydrogens (tertiary/aromatic N) is 3. The SMILES string of the molecule is c1ccc(CNc2ccc3nc(N4CCOCC4)oc3c2)nc1. The quantitative estimate of drug-likeness (QED) is 0.799. The lowest BCUT2D eigenvalue weighted by molar-refractivity contribution is 0.120. The molecule has 0 unspecified atom stereocenters. The summed E-state index contributed by atoms with van der Waals surface area (Å²) >= 11 is 0. The Bertz CT molecular complexity index is 782. The standard InChI is InChI=1S/C17H18N4O2/c1-2-6-18-14(3-1)12-19-13-4-5-15-16(11-13)23-17(20-15)21-7-9-22-10-8-21/h1-6,11,19H,7-10,12H2. The molecule has 4 rings (SSSR count). The predicted octanol–water partition coefficient (Wildman–Crippen LogP) is 2.67. The van der Waals surface area contributed by atoms with Crippen LogP contribution in [0.4, 0.5) is 11.7 Å². The first-order chi connectivity index (χ1) is 11.4. The fourth-order valence-electron chi connectivity index (χ4n) is 2.61. The number of morpholine rings is 1. The molecule has 6 heteroatoms. The number of ether oxygens (including phenoxy) is 1. The second kappa shape index (κ2) is 6.26. The highest BCUT2D eigenvalue weighted by atomic mass is 16.5. The Kier molecular flexibility index (Phi) is 3.81. The second-order valence-electron chi connectivity index (χ2n) is 5.45. The number of nitrogens with one attached hydrogen (secondary N) is 1.